The number of benzene rings is 1. The van der Waals surface area contributed by atoms with Crippen molar-refractivity contribution in [3.8, 4) is 0 Å². The van der Waals surface area contributed by atoms with Gasteiger partial charge in [-0.1, -0.05) is 0 Å². The minimum Gasteiger partial charge on any atom is -0.398 e. The fourth-order valence-corrected chi connectivity index (χ4v) is 2.92. The van der Waals surface area contributed by atoms with E-state index in [4.69, 9.17) is 5.73 Å². The van der Waals surface area contributed by atoms with E-state index in [-0.39, 0.29) is 5.75 Å². The summed E-state index contributed by atoms with van der Waals surface area (Å²) in [5.41, 5.74) is 7.57. The highest BCUT2D eigenvalue weighted by molar-refractivity contribution is 7.71. The van der Waals surface area contributed by atoms with Gasteiger partial charge in [0.2, 0.25) is 0 Å². The van der Waals surface area contributed by atoms with E-state index in [0.29, 0.717) is 11.3 Å². The third kappa shape index (κ3) is 1.95. The predicted octanol–water partition coefficient (Wildman–Crippen LogP) is 1.30. The largest absolute Gasteiger partial charge is 0.398 e. The van der Waals surface area contributed by atoms with Crippen LogP contribution >= 0.6 is 11.3 Å². The number of fused-ring (bicyclic) bond motifs is 1. The number of hydrogen-bond acceptors (Lipinski definition) is 5. The molecule has 0 amide bonds. The highest BCUT2D eigenvalue weighted by Crippen LogP contribution is 2.28. The summed E-state index contributed by atoms with van der Waals surface area (Å²) in [6, 6.07) is 3.60. The Morgan fingerprint density at radius 2 is 2.20 bits per heavy atom. The first kappa shape index (κ1) is 10.4. The zero-order valence-electron chi connectivity index (χ0n) is 8.06. The lowest BCUT2D eigenvalue weighted by molar-refractivity contribution is 0.614. The van der Waals surface area contributed by atoms with Gasteiger partial charge < -0.3 is 5.73 Å². The van der Waals surface area contributed by atoms with Gasteiger partial charge in [0.15, 0.2) is 0 Å². The fraction of sp³-hybridized carbons (Fsp3) is 0.222. The molecule has 2 rings (SSSR count). The van der Waals surface area contributed by atoms with Crippen LogP contribution in [0.15, 0.2) is 12.1 Å². The zero-order valence-corrected chi connectivity index (χ0v) is 9.77. The van der Waals surface area contributed by atoms with Crippen molar-refractivity contribution in [1.82, 2.24) is 4.98 Å². The SMILES string of the molecule is Cc1nc2c(C[SH](=O)=O)c(N)ccc2s1. The molecule has 1 heterocycles. The minimum atomic E-state index is -2.47. The van der Waals surface area contributed by atoms with Gasteiger partial charge >= 0.3 is 0 Å². The summed E-state index contributed by atoms with van der Waals surface area (Å²) in [5.74, 6) is -0.0400. The molecule has 80 valence electrons. The quantitative estimate of drug-likeness (QED) is 0.615. The molecule has 15 heavy (non-hydrogen) atoms. The Morgan fingerprint density at radius 3 is 2.87 bits per heavy atom. The van der Waals surface area contributed by atoms with Crippen LogP contribution in [0.1, 0.15) is 10.6 Å². The molecule has 0 fully saturated rings. The smallest absolute Gasteiger partial charge is 0.144 e. The molecule has 0 saturated heterocycles. The normalized spacial score (nSPS) is 11.3. The number of thiazole rings is 1. The van der Waals surface area contributed by atoms with E-state index in [1.807, 2.05) is 13.0 Å². The number of rotatable bonds is 2. The van der Waals surface area contributed by atoms with Crippen LogP contribution in [-0.4, -0.2) is 13.4 Å². The Bertz CT molecular complexity index is 579. The number of nitrogens with zero attached hydrogens (tertiary/aromatic N) is 1. The molecule has 0 saturated carbocycles. The van der Waals surface area contributed by atoms with E-state index in [0.717, 1.165) is 15.2 Å². The van der Waals surface area contributed by atoms with Crippen molar-refractivity contribution in [3.05, 3.63) is 22.7 Å². The van der Waals surface area contributed by atoms with Gasteiger partial charge in [0, 0.05) is 11.3 Å². The molecular weight excluding hydrogens is 232 g/mol. The van der Waals surface area contributed by atoms with E-state index in [2.05, 4.69) is 4.98 Å². The highest BCUT2D eigenvalue weighted by Gasteiger charge is 2.10. The molecule has 0 aliphatic carbocycles. The predicted molar refractivity (Wildman–Crippen MR) is 62.8 cm³/mol. The fourth-order valence-electron chi connectivity index (χ4n) is 1.47. The number of nitrogen functional groups attached to an aromatic ring is 1. The van der Waals surface area contributed by atoms with Crippen molar-refractivity contribution in [2.24, 2.45) is 0 Å². The van der Waals surface area contributed by atoms with Crippen LogP contribution in [0, 0.1) is 6.92 Å². The molecule has 6 heteroatoms. The first-order chi connectivity index (χ1) is 7.08. The zero-order chi connectivity index (χ0) is 11.0. The Balaban J connectivity index is 2.72. The molecule has 0 radical (unpaired) electrons. The lowest BCUT2D eigenvalue weighted by Gasteiger charge is -2.01. The third-order valence-electron chi connectivity index (χ3n) is 2.10. The summed E-state index contributed by atoms with van der Waals surface area (Å²) < 4.78 is 22.4. The number of nitrogens with two attached hydrogens (primary N) is 1. The van der Waals surface area contributed by atoms with Crippen LogP contribution in [0.5, 0.6) is 0 Å². The minimum absolute atomic E-state index is 0.0400. The number of thiol groups is 1. The Hall–Kier alpha value is -1.14. The second-order valence-corrected chi connectivity index (χ2v) is 5.42. The van der Waals surface area contributed by atoms with Gasteiger partial charge in [-0.05, 0) is 19.1 Å². The van der Waals surface area contributed by atoms with Crippen molar-refractivity contribution in [2.75, 3.05) is 5.73 Å². The summed E-state index contributed by atoms with van der Waals surface area (Å²) >= 11 is 1.54. The van der Waals surface area contributed by atoms with Gasteiger partial charge in [-0.15, -0.1) is 11.3 Å². The van der Waals surface area contributed by atoms with E-state index in [1.54, 1.807) is 6.07 Å². The number of anilines is 1. The van der Waals surface area contributed by atoms with Gasteiger partial charge in [-0.3, -0.25) is 0 Å². The van der Waals surface area contributed by atoms with Gasteiger partial charge in [0.1, 0.15) is 10.7 Å². The molecule has 4 nitrogen and oxygen atoms in total. The molecule has 0 aliphatic rings. The first-order valence-corrected chi connectivity index (χ1v) is 6.52. The Morgan fingerprint density at radius 1 is 1.47 bits per heavy atom. The number of aryl methyl sites for hydroxylation is 1. The lowest BCUT2D eigenvalue weighted by atomic mass is 10.2. The average molecular weight is 242 g/mol. The molecule has 0 unspecified atom stereocenters. The molecule has 0 atom stereocenters. The molecular formula is C9H10N2O2S2. The van der Waals surface area contributed by atoms with Crippen LogP contribution < -0.4 is 5.73 Å². The van der Waals surface area contributed by atoms with Crippen LogP contribution in [0.2, 0.25) is 0 Å². The van der Waals surface area contributed by atoms with Crippen molar-refractivity contribution in [2.45, 2.75) is 12.7 Å². The van der Waals surface area contributed by atoms with E-state index >= 15 is 0 Å². The molecule has 2 N–H and O–H groups in total. The molecule has 0 spiro atoms. The van der Waals surface area contributed by atoms with Crippen LogP contribution in [0.3, 0.4) is 0 Å². The van der Waals surface area contributed by atoms with E-state index in [9.17, 15) is 8.42 Å². The first-order valence-electron chi connectivity index (χ1n) is 4.34. The van der Waals surface area contributed by atoms with Crippen molar-refractivity contribution in [1.29, 1.82) is 0 Å². The highest BCUT2D eigenvalue weighted by atomic mass is 32.2. The van der Waals surface area contributed by atoms with Gasteiger partial charge in [-0.2, -0.15) is 0 Å². The summed E-state index contributed by atoms with van der Waals surface area (Å²) in [6.45, 7) is 1.89. The van der Waals surface area contributed by atoms with Crippen LogP contribution in [0.25, 0.3) is 10.2 Å². The second-order valence-electron chi connectivity index (χ2n) is 3.20. The van der Waals surface area contributed by atoms with Crippen molar-refractivity contribution in [3.63, 3.8) is 0 Å². The van der Waals surface area contributed by atoms with Crippen molar-refractivity contribution >= 4 is 37.9 Å². The molecule has 1 aromatic carbocycles. The van der Waals surface area contributed by atoms with Gasteiger partial charge in [0.05, 0.1) is 21.0 Å². The van der Waals surface area contributed by atoms with Crippen LogP contribution in [0.4, 0.5) is 5.69 Å². The van der Waals surface area contributed by atoms with Crippen molar-refractivity contribution < 1.29 is 8.42 Å². The summed E-state index contributed by atoms with van der Waals surface area (Å²) in [7, 11) is -2.47. The Kier molecular flexibility index (Phi) is 2.62. The van der Waals surface area contributed by atoms with Crippen LogP contribution in [-0.2, 0) is 16.5 Å². The maximum atomic E-state index is 10.7. The molecule has 0 bridgehead atoms. The molecule has 0 aliphatic heterocycles. The number of hydrogen-bond donors (Lipinski definition) is 2. The average Bonchev–Trinajstić information content (AvgIpc) is 2.51. The third-order valence-corrected chi connectivity index (χ3v) is 3.61. The summed E-state index contributed by atoms with van der Waals surface area (Å²) in [5, 5.41) is 0.915. The number of aromatic nitrogens is 1. The Labute approximate surface area is 92.7 Å². The summed E-state index contributed by atoms with van der Waals surface area (Å²) in [4.78, 5) is 4.30. The van der Waals surface area contributed by atoms with E-state index < -0.39 is 10.7 Å². The standard InChI is InChI=1S/C9H10N2O2S2/c1-5-11-9-6(4-15(12)13)7(10)2-3-8(9)14-5/h2-3,15H,4,10H2,1H3. The maximum absolute atomic E-state index is 10.7. The lowest BCUT2D eigenvalue weighted by Crippen LogP contribution is -1.96. The second kappa shape index (κ2) is 3.79. The van der Waals surface area contributed by atoms with Gasteiger partial charge in [0.25, 0.3) is 0 Å². The van der Waals surface area contributed by atoms with E-state index in [1.165, 1.54) is 11.3 Å². The monoisotopic (exact) mass is 242 g/mol. The topological polar surface area (TPSA) is 73.0 Å². The maximum Gasteiger partial charge on any atom is 0.144 e. The molecule has 2 aromatic rings. The summed E-state index contributed by atoms with van der Waals surface area (Å²) in [6.07, 6.45) is 0. The van der Waals surface area contributed by atoms with Gasteiger partial charge in [-0.25, -0.2) is 13.4 Å². The molecule has 1 aromatic heterocycles.